The number of nitrogens with one attached hydrogen (secondary N) is 1. The molecule has 0 aliphatic rings. The van der Waals surface area contributed by atoms with Crippen LogP contribution in [0.4, 0.5) is 5.69 Å². The van der Waals surface area contributed by atoms with Crippen molar-refractivity contribution in [2.45, 2.75) is 0 Å². The van der Waals surface area contributed by atoms with Gasteiger partial charge in [-0.15, -0.1) is 0 Å². The number of benzene rings is 4. The summed E-state index contributed by atoms with van der Waals surface area (Å²) in [5.41, 5.74) is 3.13. The van der Waals surface area contributed by atoms with Crippen LogP contribution in [0.15, 0.2) is 78.9 Å². The number of carbonyl (C=O) groups excluding carboxylic acids is 1. The normalized spacial score (nSPS) is 11.3. The summed E-state index contributed by atoms with van der Waals surface area (Å²) in [6, 6.07) is 25.0. The van der Waals surface area contributed by atoms with Crippen LogP contribution in [0.3, 0.4) is 0 Å². The van der Waals surface area contributed by atoms with Crippen molar-refractivity contribution >= 4 is 44.2 Å². The summed E-state index contributed by atoms with van der Waals surface area (Å²) in [5, 5.41) is 17.6. The molecule has 1 amide bonds. The SMILES string of the molecule is Cn1c2ccccc2c2ccc3cc(C(=O)Nc4ccccc4)c(O)cc3c21. The number of phenolic OH excluding ortho intramolecular Hbond substituents is 1. The first kappa shape index (κ1) is 16.4. The molecule has 0 fully saturated rings. The number of para-hydroxylation sites is 2. The highest BCUT2D eigenvalue weighted by Crippen LogP contribution is 2.36. The molecular formula is C24H18N2O2. The number of hydrogen-bond acceptors (Lipinski definition) is 2. The molecule has 5 rings (SSSR count). The van der Waals surface area contributed by atoms with E-state index in [0.717, 1.165) is 27.2 Å². The number of aromatic nitrogens is 1. The summed E-state index contributed by atoms with van der Waals surface area (Å²) in [6.07, 6.45) is 0. The Bertz CT molecular complexity index is 1370. The lowest BCUT2D eigenvalue weighted by molar-refractivity contribution is 0.102. The highest BCUT2D eigenvalue weighted by molar-refractivity contribution is 6.19. The minimum atomic E-state index is -0.331. The minimum absolute atomic E-state index is 0.0290. The Labute approximate surface area is 161 Å². The summed E-state index contributed by atoms with van der Waals surface area (Å²) in [7, 11) is 2.02. The van der Waals surface area contributed by atoms with E-state index in [-0.39, 0.29) is 17.2 Å². The minimum Gasteiger partial charge on any atom is -0.507 e. The number of phenols is 1. The molecule has 0 saturated carbocycles. The Morgan fingerprint density at radius 1 is 0.857 bits per heavy atom. The first-order chi connectivity index (χ1) is 13.6. The van der Waals surface area contributed by atoms with Gasteiger partial charge in [0.2, 0.25) is 0 Å². The Morgan fingerprint density at radius 2 is 1.61 bits per heavy atom. The lowest BCUT2D eigenvalue weighted by Gasteiger charge is -2.10. The van der Waals surface area contributed by atoms with E-state index in [4.69, 9.17) is 0 Å². The molecule has 4 aromatic carbocycles. The van der Waals surface area contributed by atoms with Crippen LogP contribution >= 0.6 is 0 Å². The van der Waals surface area contributed by atoms with Gasteiger partial charge in [-0.05, 0) is 35.7 Å². The van der Waals surface area contributed by atoms with Crippen molar-refractivity contribution in [1.29, 1.82) is 0 Å². The monoisotopic (exact) mass is 366 g/mol. The van der Waals surface area contributed by atoms with Gasteiger partial charge in [0, 0.05) is 34.4 Å². The van der Waals surface area contributed by atoms with E-state index in [0.29, 0.717) is 5.69 Å². The Balaban J connectivity index is 1.69. The number of aromatic hydroxyl groups is 1. The smallest absolute Gasteiger partial charge is 0.259 e. The number of hydrogen-bond donors (Lipinski definition) is 2. The first-order valence-electron chi connectivity index (χ1n) is 9.13. The predicted octanol–water partition coefficient (Wildman–Crippen LogP) is 5.44. The highest BCUT2D eigenvalue weighted by Gasteiger charge is 2.16. The molecule has 28 heavy (non-hydrogen) atoms. The van der Waals surface area contributed by atoms with Crippen LogP contribution in [-0.2, 0) is 7.05 Å². The molecule has 0 unspecified atom stereocenters. The first-order valence-corrected chi connectivity index (χ1v) is 9.13. The molecule has 4 heteroatoms. The summed E-state index contributed by atoms with van der Waals surface area (Å²) in [4.78, 5) is 12.7. The van der Waals surface area contributed by atoms with Gasteiger partial charge in [0.05, 0.1) is 11.1 Å². The van der Waals surface area contributed by atoms with Crippen molar-refractivity contribution in [3.8, 4) is 5.75 Å². The Kier molecular flexibility index (Phi) is 3.59. The van der Waals surface area contributed by atoms with E-state index in [1.165, 1.54) is 5.39 Å². The van der Waals surface area contributed by atoms with Crippen molar-refractivity contribution in [2.75, 3.05) is 5.32 Å². The average molecular weight is 366 g/mol. The van der Waals surface area contributed by atoms with Gasteiger partial charge in [0.1, 0.15) is 5.75 Å². The van der Waals surface area contributed by atoms with Gasteiger partial charge in [0.25, 0.3) is 5.91 Å². The van der Waals surface area contributed by atoms with Gasteiger partial charge in [0.15, 0.2) is 0 Å². The van der Waals surface area contributed by atoms with Crippen LogP contribution < -0.4 is 5.32 Å². The maximum absolute atomic E-state index is 12.7. The van der Waals surface area contributed by atoms with Crippen LogP contribution in [-0.4, -0.2) is 15.6 Å². The van der Waals surface area contributed by atoms with E-state index in [9.17, 15) is 9.90 Å². The molecule has 0 aliphatic carbocycles. The fraction of sp³-hybridized carbons (Fsp3) is 0.0417. The fourth-order valence-electron chi connectivity index (χ4n) is 3.94. The van der Waals surface area contributed by atoms with Crippen molar-refractivity contribution in [3.05, 3.63) is 84.4 Å². The molecule has 0 bridgehead atoms. The molecule has 0 spiro atoms. The summed E-state index contributed by atoms with van der Waals surface area (Å²) >= 11 is 0. The van der Waals surface area contributed by atoms with Crippen LogP contribution in [0.2, 0.25) is 0 Å². The lowest BCUT2D eigenvalue weighted by atomic mass is 10.0. The summed E-state index contributed by atoms with van der Waals surface area (Å²) in [5.74, 6) is -0.360. The molecule has 0 aliphatic heterocycles. The quantitative estimate of drug-likeness (QED) is 0.437. The number of rotatable bonds is 2. The number of fused-ring (bicyclic) bond motifs is 5. The molecule has 5 aromatic rings. The van der Waals surface area contributed by atoms with Gasteiger partial charge in [-0.25, -0.2) is 0 Å². The summed E-state index contributed by atoms with van der Waals surface area (Å²) < 4.78 is 2.14. The van der Waals surface area contributed by atoms with Gasteiger partial charge in [-0.1, -0.05) is 48.5 Å². The van der Waals surface area contributed by atoms with Crippen molar-refractivity contribution < 1.29 is 9.90 Å². The van der Waals surface area contributed by atoms with E-state index in [1.54, 1.807) is 12.1 Å². The van der Waals surface area contributed by atoms with E-state index >= 15 is 0 Å². The molecule has 0 radical (unpaired) electrons. The molecular weight excluding hydrogens is 348 g/mol. The summed E-state index contributed by atoms with van der Waals surface area (Å²) in [6.45, 7) is 0. The third-order valence-corrected chi connectivity index (χ3v) is 5.27. The zero-order valence-corrected chi connectivity index (χ0v) is 15.3. The van der Waals surface area contributed by atoms with Gasteiger partial charge >= 0.3 is 0 Å². The van der Waals surface area contributed by atoms with Gasteiger partial charge in [-0.3, -0.25) is 4.79 Å². The number of nitrogens with zero attached hydrogens (tertiary/aromatic N) is 1. The van der Waals surface area contributed by atoms with E-state index in [1.807, 2.05) is 55.6 Å². The van der Waals surface area contributed by atoms with Crippen LogP contribution in [0.5, 0.6) is 5.75 Å². The second kappa shape index (κ2) is 6.13. The van der Waals surface area contributed by atoms with Crippen LogP contribution in [0.1, 0.15) is 10.4 Å². The van der Waals surface area contributed by atoms with Crippen LogP contribution in [0.25, 0.3) is 32.6 Å². The topological polar surface area (TPSA) is 54.3 Å². The second-order valence-corrected chi connectivity index (χ2v) is 6.95. The van der Waals surface area contributed by atoms with E-state index < -0.39 is 0 Å². The Hall–Kier alpha value is -3.79. The maximum atomic E-state index is 12.7. The lowest BCUT2D eigenvalue weighted by Crippen LogP contribution is -2.12. The molecule has 0 atom stereocenters. The largest absolute Gasteiger partial charge is 0.507 e. The zero-order valence-electron chi connectivity index (χ0n) is 15.3. The van der Waals surface area contributed by atoms with Crippen LogP contribution in [0, 0.1) is 0 Å². The number of aryl methyl sites for hydroxylation is 1. The number of amides is 1. The molecule has 136 valence electrons. The van der Waals surface area contributed by atoms with Crippen molar-refractivity contribution in [2.24, 2.45) is 7.05 Å². The Morgan fingerprint density at radius 3 is 2.43 bits per heavy atom. The maximum Gasteiger partial charge on any atom is 0.259 e. The molecule has 4 nitrogen and oxygen atoms in total. The molecule has 0 saturated heterocycles. The van der Waals surface area contributed by atoms with Gasteiger partial charge < -0.3 is 15.0 Å². The van der Waals surface area contributed by atoms with Crippen molar-refractivity contribution in [1.82, 2.24) is 4.57 Å². The number of anilines is 1. The highest BCUT2D eigenvalue weighted by atomic mass is 16.3. The zero-order chi connectivity index (χ0) is 19.3. The average Bonchev–Trinajstić information content (AvgIpc) is 3.01. The number of carbonyl (C=O) groups is 1. The molecule has 1 aromatic heterocycles. The van der Waals surface area contributed by atoms with Gasteiger partial charge in [-0.2, -0.15) is 0 Å². The molecule has 1 heterocycles. The standard InChI is InChI=1S/C24H18N2O2/c1-26-21-10-6-5-9-17(21)18-12-11-15-13-20(22(27)14-19(15)23(18)26)24(28)25-16-7-3-2-4-8-16/h2-14,27H,1H3,(H,25,28). The second-order valence-electron chi connectivity index (χ2n) is 6.95. The third-order valence-electron chi connectivity index (χ3n) is 5.27. The third kappa shape index (κ3) is 2.42. The fourth-order valence-corrected chi connectivity index (χ4v) is 3.94. The van der Waals surface area contributed by atoms with E-state index in [2.05, 4.69) is 28.1 Å². The van der Waals surface area contributed by atoms with Crippen molar-refractivity contribution in [3.63, 3.8) is 0 Å². The predicted molar refractivity (Wildman–Crippen MR) is 114 cm³/mol. The molecule has 2 N–H and O–H groups in total.